The third-order valence-corrected chi connectivity index (χ3v) is 7.75. The number of carbonyl (C=O) groups is 1. The summed E-state index contributed by atoms with van der Waals surface area (Å²) >= 11 is 6.52. The van der Waals surface area contributed by atoms with Crippen molar-refractivity contribution in [2.24, 2.45) is 11.8 Å². The van der Waals surface area contributed by atoms with Crippen molar-refractivity contribution < 1.29 is 19.0 Å². The molecule has 2 saturated heterocycles. The summed E-state index contributed by atoms with van der Waals surface area (Å²) in [5, 5.41) is 7.31. The average Bonchev–Trinajstić information content (AvgIpc) is 3.60. The Balaban J connectivity index is 1.18. The third-order valence-electron chi connectivity index (χ3n) is 7.46. The van der Waals surface area contributed by atoms with E-state index in [0.29, 0.717) is 69.7 Å². The molecule has 4 heterocycles. The van der Waals surface area contributed by atoms with Gasteiger partial charge in [0.15, 0.2) is 0 Å². The van der Waals surface area contributed by atoms with E-state index in [0.717, 1.165) is 38.5 Å². The molecule has 0 aliphatic carbocycles. The van der Waals surface area contributed by atoms with Gasteiger partial charge in [0.25, 0.3) is 0 Å². The van der Waals surface area contributed by atoms with Crippen molar-refractivity contribution in [3.63, 3.8) is 0 Å². The summed E-state index contributed by atoms with van der Waals surface area (Å²) in [6, 6.07) is 14.7. The van der Waals surface area contributed by atoms with Crippen LogP contribution in [0.25, 0.3) is 10.9 Å². The van der Waals surface area contributed by atoms with Crippen molar-refractivity contribution in [3.8, 4) is 11.5 Å². The molecule has 2 atom stereocenters. The first-order valence-corrected chi connectivity index (χ1v) is 14.2. The molecule has 42 heavy (non-hydrogen) atoms. The Labute approximate surface area is 248 Å². The lowest BCUT2D eigenvalue weighted by atomic mass is 10.0. The highest BCUT2D eigenvalue weighted by Gasteiger charge is 2.36. The zero-order valence-electron chi connectivity index (χ0n) is 23.0. The van der Waals surface area contributed by atoms with Crippen LogP contribution in [-0.4, -0.2) is 65.2 Å². The fourth-order valence-corrected chi connectivity index (χ4v) is 5.54. The number of hydrogen-bond acceptors (Lipinski definition) is 9. The van der Waals surface area contributed by atoms with Gasteiger partial charge >= 0.3 is 0 Å². The maximum atomic E-state index is 12.3. The number of amides is 1. The molecule has 1 amide bonds. The fraction of sp³-hybridized carbons (Fsp3) is 0.290. The lowest BCUT2D eigenvalue weighted by Crippen LogP contribution is -2.28. The van der Waals surface area contributed by atoms with Crippen LogP contribution in [0.15, 0.2) is 73.7 Å². The summed E-state index contributed by atoms with van der Waals surface area (Å²) in [6.07, 6.45) is 4.42. The molecule has 2 N–H and O–H groups in total. The van der Waals surface area contributed by atoms with Gasteiger partial charge in [-0.2, -0.15) is 0 Å². The molecule has 11 heteroatoms. The Hall–Kier alpha value is -4.25. The number of halogens is 1. The zero-order chi connectivity index (χ0) is 28.9. The van der Waals surface area contributed by atoms with E-state index >= 15 is 0 Å². The second-order valence-electron chi connectivity index (χ2n) is 10.3. The van der Waals surface area contributed by atoms with E-state index in [1.165, 1.54) is 12.4 Å². The first-order valence-electron chi connectivity index (χ1n) is 13.8. The number of likely N-dealkylation sites (tertiary alicyclic amines) is 1. The van der Waals surface area contributed by atoms with Gasteiger partial charge in [-0.05, 0) is 42.5 Å². The number of aromatic nitrogens is 3. The molecule has 2 aromatic carbocycles. The number of hydrogen-bond donors (Lipinski definition) is 2. The van der Waals surface area contributed by atoms with E-state index in [4.69, 9.17) is 25.8 Å². The Morgan fingerprint density at radius 2 is 1.93 bits per heavy atom. The minimum atomic E-state index is -0.342. The quantitative estimate of drug-likeness (QED) is 0.232. The number of fused-ring (bicyclic) bond motifs is 2. The lowest BCUT2D eigenvalue weighted by molar-refractivity contribution is -0.111. The summed E-state index contributed by atoms with van der Waals surface area (Å²) in [6.45, 7) is 8.89. The zero-order valence-corrected chi connectivity index (χ0v) is 23.7. The molecule has 2 aromatic heterocycles. The largest absolute Gasteiger partial charge is 0.490 e. The van der Waals surface area contributed by atoms with Gasteiger partial charge in [0.2, 0.25) is 5.91 Å². The van der Waals surface area contributed by atoms with Crippen LogP contribution in [0.5, 0.6) is 11.5 Å². The number of benzene rings is 2. The number of rotatable bonds is 11. The van der Waals surface area contributed by atoms with Gasteiger partial charge in [-0.25, -0.2) is 9.97 Å². The molecular weight excluding hydrogens is 556 g/mol. The second-order valence-corrected chi connectivity index (χ2v) is 10.7. The highest BCUT2D eigenvalue weighted by Crippen LogP contribution is 2.35. The topological polar surface area (TPSA) is 111 Å². The molecule has 2 aliphatic rings. The van der Waals surface area contributed by atoms with Gasteiger partial charge in [0.1, 0.15) is 36.9 Å². The standard InChI is InChI=1S/C31H31ClN6O4/c1-2-30(39)37-27-12-24-26(13-29(27)41-10-9-38-14-20-16-40-17-21(20)15-38)34-19-35-31(24)36-22-6-7-28(25(32)11-22)42-18-23-5-3-4-8-33-23/h2-8,11-13,19-21H,1,9-10,14-18H2,(H,37,39)(H,34,35,36). The van der Waals surface area contributed by atoms with Crippen LogP contribution in [0.3, 0.4) is 0 Å². The SMILES string of the molecule is C=CC(=O)Nc1cc2c(Nc3ccc(OCc4ccccn4)c(Cl)c3)ncnc2cc1OCCN1CC2COCC2C1. The summed E-state index contributed by atoms with van der Waals surface area (Å²) in [4.78, 5) is 27.8. The van der Waals surface area contributed by atoms with Crippen LogP contribution in [0.4, 0.5) is 17.2 Å². The van der Waals surface area contributed by atoms with Crippen LogP contribution in [0.2, 0.25) is 5.02 Å². The normalized spacial score (nSPS) is 18.0. The van der Waals surface area contributed by atoms with Crippen molar-refractivity contribution in [3.05, 3.63) is 84.4 Å². The van der Waals surface area contributed by atoms with Gasteiger partial charge < -0.3 is 24.8 Å². The monoisotopic (exact) mass is 586 g/mol. The molecule has 0 bridgehead atoms. The van der Waals surface area contributed by atoms with Gasteiger partial charge in [-0.15, -0.1) is 0 Å². The smallest absolute Gasteiger partial charge is 0.247 e. The predicted molar refractivity (Wildman–Crippen MR) is 161 cm³/mol. The van der Waals surface area contributed by atoms with Gasteiger partial charge in [-0.1, -0.05) is 24.2 Å². The number of pyridine rings is 1. The fourth-order valence-electron chi connectivity index (χ4n) is 5.30. The first-order chi connectivity index (χ1) is 20.6. The average molecular weight is 587 g/mol. The van der Waals surface area contributed by atoms with Crippen molar-refractivity contribution in [1.29, 1.82) is 0 Å². The molecule has 2 fully saturated rings. The van der Waals surface area contributed by atoms with Crippen molar-refractivity contribution >= 4 is 45.6 Å². The number of nitrogens with one attached hydrogen (secondary N) is 2. The molecular formula is C31H31ClN6O4. The molecule has 0 radical (unpaired) electrons. The van der Waals surface area contributed by atoms with Gasteiger partial charge in [-0.3, -0.25) is 14.7 Å². The molecule has 2 unspecified atom stereocenters. The Morgan fingerprint density at radius 1 is 1.07 bits per heavy atom. The molecule has 6 rings (SSSR count). The first kappa shape index (κ1) is 27.9. The molecule has 0 spiro atoms. The number of ether oxygens (including phenoxy) is 3. The second kappa shape index (κ2) is 12.7. The summed E-state index contributed by atoms with van der Waals surface area (Å²) in [7, 11) is 0. The molecule has 10 nitrogen and oxygen atoms in total. The van der Waals surface area contributed by atoms with Gasteiger partial charge in [0, 0.05) is 54.8 Å². The predicted octanol–water partition coefficient (Wildman–Crippen LogP) is 5.08. The van der Waals surface area contributed by atoms with Crippen molar-refractivity contribution in [2.75, 3.05) is 50.1 Å². The van der Waals surface area contributed by atoms with Gasteiger partial charge in [0.05, 0.1) is 35.1 Å². The van der Waals surface area contributed by atoms with Crippen LogP contribution in [-0.2, 0) is 16.1 Å². The maximum absolute atomic E-state index is 12.3. The van der Waals surface area contributed by atoms with E-state index in [2.05, 4.69) is 37.1 Å². The summed E-state index contributed by atoms with van der Waals surface area (Å²) < 4.78 is 17.6. The summed E-state index contributed by atoms with van der Waals surface area (Å²) in [5.41, 5.74) is 2.68. The Morgan fingerprint density at radius 3 is 2.69 bits per heavy atom. The van der Waals surface area contributed by atoms with E-state index < -0.39 is 0 Å². The summed E-state index contributed by atoms with van der Waals surface area (Å²) in [5.74, 6) is 2.50. The molecule has 2 aliphatic heterocycles. The third kappa shape index (κ3) is 6.46. The van der Waals surface area contributed by atoms with Crippen molar-refractivity contribution in [2.45, 2.75) is 6.61 Å². The van der Waals surface area contributed by atoms with E-state index in [1.54, 1.807) is 24.4 Å². The maximum Gasteiger partial charge on any atom is 0.247 e. The minimum Gasteiger partial charge on any atom is -0.490 e. The van der Waals surface area contributed by atoms with Crippen LogP contribution < -0.4 is 20.1 Å². The number of nitrogens with zero attached hydrogens (tertiary/aromatic N) is 4. The Bertz CT molecular complexity index is 1580. The van der Waals surface area contributed by atoms with Crippen molar-refractivity contribution in [1.82, 2.24) is 19.9 Å². The van der Waals surface area contributed by atoms with E-state index in [9.17, 15) is 4.79 Å². The lowest BCUT2D eigenvalue weighted by Gasteiger charge is -2.19. The molecule has 0 saturated carbocycles. The Kier molecular flexibility index (Phi) is 8.45. The molecule has 4 aromatic rings. The highest BCUT2D eigenvalue weighted by atomic mass is 35.5. The van der Waals surface area contributed by atoms with Crippen LogP contribution in [0, 0.1) is 11.8 Å². The highest BCUT2D eigenvalue weighted by molar-refractivity contribution is 6.32. The number of carbonyl (C=O) groups excluding carboxylic acids is 1. The van der Waals surface area contributed by atoms with Crippen LogP contribution in [0.1, 0.15) is 5.69 Å². The minimum absolute atomic E-state index is 0.307. The van der Waals surface area contributed by atoms with E-state index in [1.807, 2.05) is 30.3 Å². The molecule has 216 valence electrons. The van der Waals surface area contributed by atoms with E-state index in [-0.39, 0.29) is 5.91 Å². The number of anilines is 3. The van der Waals surface area contributed by atoms with Crippen LogP contribution >= 0.6 is 11.6 Å².